The topological polar surface area (TPSA) is 437 Å². The molecule has 0 radical (unpaired) electrons. The normalized spacial score (nSPS) is 21.9. The Morgan fingerprint density at radius 1 is 0.551 bits per heavy atom. The number of hydrogen-bond donors (Lipinski definition) is 11. The van der Waals surface area contributed by atoms with Gasteiger partial charge in [-0.2, -0.15) is 0 Å². The lowest BCUT2D eigenvalue weighted by molar-refractivity contribution is -0.271. The summed E-state index contributed by atoms with van der Waals surface area (Å²) in [6.07, 6.45) is -8.96. The highest BCUT2D eigenvalue weighted by atomic mass is 35.5. The smallest absolute Gasteiger partial charge is 0.335 e. The predicted octanol–water partition coefficient (Wildman–Crippen LogP) is 1.14. The van der Waals surface area contributed by atoms with E-state index in [4.69, 9.17) is 58.1 Å². The molecule has 2 aromatic rings. The first-order valence-electron chi connectivity index (χ1n) is 28.4. The molecule has 89 heavy (non-hydrogen) atoms. The largest absolute Gasteiger partial charge is 0.479 e. The molecule has 10 atom stereocenters. The molecule has 4 rings (SSSR count). The Morgan fingerprint density at radius 3 is 1.38 bits per heavy atom. The number of rotatable bonds is 38. The number of allylic oxidation sites excluding steroid dienone is 4. The molecule has 2 aliphatic heterocycles. The third kappa shape index (κ3) is 29.4. The quantitative estimate of drug-likeness (QED) is 0.0148. The van der Waals surface area contributed by atoms with Crippen LogP contribution in [-0.4, -0.2) is 223 Å². The first-order valence-corrected chi connectivity index (χ1v) is 28.4. The zero-order valence-electron chi connectivity index (χ0n) is 50.7. The summed E-state index contributed by atoms with van der Waals surface area (Å²) >= 11 is 0. The monoisotopic (exact) mass is 1290 g/mol. The van der Waals surface area contributed by atoms with Crippen molar-refractivity contribution in [3.63, 3.8) is 0 Å². The van der Waals surface area contributed by atoms with Crippen molar-refractivity contribution in [2.24, 2.45) is 11.1 Å². The molecule has 0 spiro atoms. The molecule has 2 aromatic carbocycles. The van der Waals surface area contributed by atoms with Crippen molar-refractivity contribution >= 4 is 53.8 Å². The summed E-state index contributed by atoms with van der Waals surface area (Å²) in [5.41, 5.74) is 4.44. The van der Waals surface area contributed by atoms with Gasteiger partial charge in [-0.1, -0.05) is 47.5 Å². The Labute approximate surface area is 521 Å². The lowest BCUT2D eigenvalue weighted by Crippen LogP contribution is -2.61. The number of nitrogens with zero attached hydrogens (tertiary/aromatic N) is 1. The number of amides is 2. The van der Waals surface area contributed by atoms with Crippen LogP contribution in [0.15, 0.2) is 64.9 Å². The number of esters is 2. The van der Waals surface area contributed by atoms with Gasteiger partial charge < -0.3 is 109 Å². The fourth-order valence-corrected chi connectivity index (χ4v) is 8.00. The minimum absolute atomic E-state index is 0. The van der Waals surface area contributed by atoms with Crippen LogP contribution >= 0.6 is 12.4 Å². The maximum atomic E-state index is 13.1. The van der Waals surface area contributed by atoms with Gasteiger partial charge in [-0.3, -0.25) is 19.2 Å². The third-order valence-corrected chi connectivity index (χ3v) is 12.7. The second-order valence-corrected chi connectivity index (χ2v) is 20.0. The van der Waals surface area contributed by atoms with Gasteiger partial charge in [0.15, 0.2) is 12.2 Å². The molecule has 2 aliphatic rings. The fourth-order valence-electron chi connectivity index (χ4n) is 8.00. The van der Waals surface area contributed by atoms with Crippen LogP contribution < -0.4 is 26.0 Å². The Morgan fingerprint density at radius 2 is 0.966 bits per heavy atom. The molecular formula is C58H87ClN4O26. The van der Waals surface area contributed by atoms with E-state index < -0.39 is 97.1 Å². The average Bonchev–Trinajstić information content (AvgIpc) is 3.69. The van der Waals surface area contributed by atoms with Gasteiger partial charge in [-0.25, -0.2) is 15.5 Å². The summed E-state index contributed by atoms with van der Waals surface area (Å²) in [5.74, 6) is -0.852. The number of oxime groups is 1. The van der Waals surface area contributed by atoms with E-state index in [-0.39, 0.29) is 94.4 Å². The molecule has 0 aromatic heterocycles. The van der Waals surface area contributed by atoms with Crippen molar-refractivity contribution in [3.8, 4) is 11.5 Å². The van der Waals surface area contributed by atoms with E-state index in [1.807, 2.05) is 6.92 Å². The van der Waals surface area contributed by atoms with Gasteiger partial charge in [0.1, 0.15) is 67.9 Å². The Hall–Kier alpha value is -6.46. The SMILES string of the molecule is CC(=O)OCc1ccc(O[C@@H]2O[C@H](C(=O)O)[C@@H](O)[C@H](O)[C@H]2O)c(C(=O)NCCOCCOCCON)c1.CC/C=C(\C)CC/C=C(\C)CC/C(C)=N/OCCOCCOCCNC(=O)c1cc(COC(C)=O)ccc1O[C@@H]1O[C@H](C(=O)O)[C@@H](O)[C@H](O)[C@H]1O.Cl. The molecule has 12 N–H and O–H groups in total. The molecule has 2 heterocycles. The molecule has 0 aliphatic carbocycles. The van der Waals surface area contributed by atoms with Crippen molar-refractivity contribution in [2.75, 3.05) is 79.2 Å². The number of carbonyl (C=O) groups is 6. The number of aliphatic carboxylic acids is 2. The molecule has 2 saturated heterocycles. The third-order valence-electron chi connectivity index (χ3n) is 12.7. The minimum atomic E-state index is -1.91. The van der Waals surface area contributed by atoms with Crippen LogP contribution in [0, 0.1) is 0 Å². The highest BCUT2D eigenvalue weighted by molar-refractivity contribution is 5.97. The number of benzene rings is 2. The lowest BCUT2D eigenvalue weighted by Gasteiger charge is -2.38. The van der Waals surface area contributed by atoms with E-state index in [9.17, 15) is 69.6 Å². The second kappa shape index (κ2) is 43.3. The Balaban J connectivity index is 0.000000630. The number of carboxylic acid groups (broad SMARTS) is 2. The Bertz CT molecular complexity index is 2590. The van der Waals surface area contributed by atoms with Crippen molar-refractivity contribution in [2.45, 2.75) is 148 Å². The fraction of sp³-hybridized carbons (Fsp3) is 0.603. The van der Waals surface area contributed by atoms with Crippen LogP contribution in [0.3, 0.4) is 0 Å². The van der Waals surface area contributed by atoms with E-state index in [0.717, 1.165) is 37.8 Å². The molecule has 30 nitrogen and oxygen atoms in total. The predicted molar refractivity (Wildman–Crippen MR) is 314 cm³/mol. The van der Waals surface area contributed by atoms with Crippen LogP contribution in [0.4, 0.5) is 0 Å². The van der Waals surface area contributed by atoms with Crippen LogP contribution in [0.1, 0.15) is 105 Å². The number of nitrogens with two attached hydrogens (primary N) is 1. The average molecular weight is 1290 g/mol. The highest BCUT2D eigenvalue weighted by Gasteiger charge is 2.49. The zero-order chi connectivity index (χ0) is 65.1. The molecule has 0 saturated carbocycles. The number of aliphatic hydroxyl groups is 6. The molecule has 2 amide bonds. The van der Waals surface area contributed by atoms with E-state index in [1.54, 1.807) is 0 Å². The number of carboxylic acids is 2. The summed E-state index contributed by atoms with van der Waals surface area (Å²) in [5, 5.41) is 88.5. The summed E-state index contributed by atoms with van der Waals surface area (Å²) < 4.78 is 53.0. The van der Waals surface area contributed by atoms with Gasteiger partial charge in [0.05, 0.1) is 76.3 Å². The van der Waals surface area contributed by atoms with Crippen molar-refractivity contribution in [3.05, 3.63) is 82.0 Å². The van der Waals surface area contributed by atoms with Crippen molar-refractivity contribution in [1.29, 1.82) is 0 Å². The minimum Gasteiger partial charge on any atom is -0.479 e. The maximum Gasteiger partial charge on any atom is 0.335 e. The van der Waals surface area contributed by atoms with E-state index in [2.05, 4.69) is 53.6 Å². The van der Waals surface area contributed by atoms with E-state index >= 15 is 0 Å². The maximum absolute atomic E-state index is 13.1. The number of carbonyl (C=O) groups excluding carboxylic acids is 4. The summed E-state index contributed by atoms with van der Waals surface area (Å²) in [6, 6.07) is 8.39. The van der Waals surface area contributed by atoms with Crippen LogP contribution in [-0.2, 0) is 80.0 Å². The molecule has 502 valence electrons. The van der Waals surface area contributed by atoms with Gasteiger partial charge in [0, 0.05) is 26.9 Å². The second-order valence-electron chi connectivity index (χ2n) is 20.0. The van der Waals surface area contributed by atoms with Crippen molar-refractivity contribution < 1.29 is 127 Å². The lowest BCUT2D eigenvalue weighted by atomic mass is 9.99. The summed E-state index contributed by atoms with van der Waals surface area (Å²) in [7, 11) is 0. The molecule has 0 bridgehead atoms. The van der Waals surface area contributed by atoms with Gasteiger partial charge in [-0.05, 0) is 88.3 Å². The number of aliphatic hydroxyl groups excluding tert-OH is 6. The number of nitrogens with one attached hydrogen (secondary N) is 2. The highest BCUT2D eigenvalue weighted by Crippen LogP contribution is 2.30. The van der Waals surface area contributed by atoms with E-state index in [1.165, 1.54) is 61.4 Å². The molecular weight excluding hydrogens is 1200 g/mol. The van der Waals surface area contributed by atoms with Crippen LogP contribution in [0.5, 0.6) is 11.5 Å². The van der Waals surface area contributed by atoms with Gasteiger partial charge >= 0.3 is 23.9 Å². The molecule has 31 heteroatoms. The number of halogens is 1. The first kappa shape index (κ1) is 78.6. The number of ether oxygens (including phenoxy) is 10. The standard InChI is InChI=1S/C36H54N2O13.C22H32N2O13.ClH/c1-6-8-23(2)9-7-10-24(3)11-12-25(4)38-49-20-19-47-18-17-46-16-15-37-34(43)28-21-27(22-48-26(5)39)13-14-29(28)50-36-32(42)30(40)31(41)33(51-36)35(44)45;1-12(25)34-11-13-2-3-15(36-22-18(28)16(26)17(27)19(37-22)21(30)31)14(10-13)20(29)24-4-5-32-6-7-33-8-9-35-23;/h8,10,13-14,21,30-33,36,40-42H,6-7,9,11-12,15-20,22H2,1-5H3,(H,37,43)(H,44,45);2-3,10,16-19,22,26-28H,4-9,11,23H2,1H3,(H,24,29)(H,30,31);1H/b23-8+,24-10+,38-25+;;/t30-,31-,32+,33-,36+;16-,17-,18+,19-,22+;/m00./s1. The summed E-state index contributed by atoms with van der Waals surface area (Å²) in [6.45, 7) is 13.4. The van der Waals surface area contributed by atoms with Crippen LogP contribution in [0.2, 0.25) is 0 Å². The van der Waals surface area contributed by atoms with E-state index in [0.29, 0.717) is 44.2 Å². The van der Waals surface area contributed by atoms with Gasteiger partial charge in [0.2, 0.25) is 12.6 Å². The number of hydrogen-bond acceptors (Lipinski definition) is 26. The summed E-state index contributed by atoms with van der Waals surface area (Å²) in [4.78, 5) is 81.0. The molecule has 0 unspecified atom stereocenters. The zero-order valence-corrected chi connectivity index (χ0v) is 51.5. The van der Waals surface area contributed by atoms with Gasteiger partial charge in [0.25, 0.3) is 11.8 Å². The van der Waals surface area contributed by atoms with Crippen LogP contribution in [0.25, 0.3) is 0 Å². The van der Waals surface area contributed by atoms with Crippen molar-refractivity contribution in [1.82, 2.24) is 10.6 Å². The Kier molecular flexibility index (Phi) is 38.2. The first-order chi connectivity index (χ1) is 42.0. The van der Waals surface area contributed by atoms with Gasteiger partial charge in [-0.15, -0.1) is 12.4 Å². The molecule has 2 fully saturated rings.